The monoisotopic (exact) mass is 309 g/mol. The van der Waals surface area contributed by atoms with Crippen LogP contribution in [0.4, 0.5) is 0 Å². The van der Waals surface area contributed by atoms with Crippen LogP contribution in [0.2, 0.25) is 0 Å². The molecule has 0 bridgehead atoms. The van der Waals surface area contributed by atoms with E-state index in [1.54, 1.807) is 25.9 Å². The Hall–Kier alpha value is -2.42. The van der Waals surface area contributed by atoms with Gasteiger partial charge in [-0.25, -0.2) is 9.78 Å². The fourth-order valence-corrected chi connectivity index (χ4v) is 2.18. The second-order valence-corrected chi connectivity index (χ2v) is 5.36. The van der Waals surface area contributed by atoms with Crippen molar-refractivity contribution in [2.75, 3.05) is 20.6 Å². The zero-order valence-corrected chi connectivity index (χ0v) is 13.2. The maximum atomic E-state index is 12.3. The fourth-order valence-electron chi connectivity index (χ4n) is 2.18. The molecule has 0 aliphatic heterocycles. The van der Waals surface area contributed by atoms with E-state index < -0.39 is 23.4 Å². The molecule has 0 aliphatic rings. The van der Waals surface area contributed by atoms with E-state index in [1.807, 2.05) is 0 Å². The summed E-state index contributed by atoms with van der Waals surface area (Å²) < 4.78 is 9.01. The van der Waals surface area contributed by atoms with Crippen LogP contribution in [0.15, 0.2) is 15.9 Å². The van der Waals surface area contributed by atoms with E-state index >= 15 is 0 Å². The number of nitrogens with zero attached hydrogens (tertiary/aromatic N) is 5. The van der Waals surface area contributed by atoms with Gasteiger partial charge in [-0.05, 0) is 21.0 Å². The highest BCUT2D eigenvalue weighted by Gasteiger charge is 2.19. The van der Waals surface area contributed by atoms with E-state index in [0.29, 0.717) is 0 Å². The van der Waals surface area contributed by atoms with Gasteiger partial charge in [0.1, 0.15) is 6.33 Å². The Labute approximate surface area is 126 Å². The smallest absolute Gasteiger partial charge is 0.332 e. The van der Waals surface area contributed by atoms with Crippen LogP contribution in [0.3, 0.4) is 0 Å². The number of aromatic nitrogens is 4. The topological polar surface area (TPSA) is 91.4 Å². The normalized spacial score (nSPS) is 12.8. The lowest BCUT2D eigenvalue weighted by Crippen LogP contribution is -2.38. The number of hydrogen-bond acceptors (Lipinski definition) is 6. The number of hydrogen-bond donors (Lipinski definition) is 0. The van der Waals surface area contributed by atoms with Crippen molar-refractivity contribution in [2.24, 2.45) is 14.1 Å². The zero-order valence-electron chi connectivity index (χ0n) is 13.2. The first-order valence-electron chi connectivity index (χ1n) is 6.70. The Morgan fingerprint density at radius 1 is 1.32 bits per heavy atom. The number of ether oxygens (including phenoxy) is 1. The number of aryl methyl sites for hydroxylation is 1. The van der Waals surface area contributed by atoms with E-state index in [4.69, 9.17) is 4.74 Å². The Kier molecular flexibility index (Phi) is 4.18. The minimum atomic E-state index is -0.706. The van der Waals surface area contributed by atoms with E-state index in [1.165, 1.54) is 29.6 Å². The number of carbonyl (C=O) groups excluding carboxylic acids is 1. The Morgan fingerprint density at radius 2 is 1.95 bits per heavy atom. The van der Waals surface area contributed by atoms with Crippen LogP contribution in [-0.4, -0.2) is 50.2 Å². The molecule has 1 unspecified atom stereocenters. The van der Waals surface area contributed by atoms with Gasteiger partial charge in [-0.1, -0.05) is 0 Å². The summed E-state index contributed by atoms with van der Waals surface area (Å²) in [4.78, 5) is 41.7. The zero-order chi connectivity index (χ0) is 16.6. The molecule has 2 aromatic rings. The van der Waals surface area contributed by atoms with Crippen LogP contribution in [0.1, 0.15) is 13.2 Å². The summed E-state index contributed by atoms with van der Waals surface area (Å²) in [6.07, 6.45) is 0.682. The molecule has 1 atom stereocenters. The minimum Gasteiger partial charge on any atom is -0.441 e. The van der Waals surface area contributed by atoms with E-state index in [0.717, 1.165) is 4.57 Å². The maximum absolute atomic E-state index is 12.3. The first-order valence-corrected chi connectivity index (χ1v) is 6.70. The molecule has 2 rings (SSSR count). The molecule has 0 radical (unpaired) electrons. The van der Waals surface area contributed by atoms with Crippen molar-refractivity contribution in [2.45, 2.75) is 13.2 Å². The molecule has 120 valence electrons. The number of esters is 1. The van der Waals surface area contributed by atoms with Gasteiger partial charge >= 0.3 is 11.7 Å². The molecule has 0 saturated carbocycles. The van der Waals surface area contributed by atoms with Crippen molar-refractivity contribution in [3.8, 4) is 0 Å². The summed E-state index contributed by atoms with van der Waals surface area (Å²) in [6.45, 7) is 1.77. The molecule has 0 N–H and O–H groups in total. The molecule has 0 amide bonds. The summed E-state index contributed by atoms with van der Waals surface area (Å²) in [7, 11) is 6.43. The maximum Gasteiger partial charge on any atom is 0.332 e. The first kappa shape index (κ1) is 16.0. The highest BCUT2D eigenvalue weighted by atomic mass is 16.6. The fraction of sp³-hybridized carbons (Fsp3) is 0.538. The van der Waals surface area contributed by atoms with Crippen LogP contribution in [0.5, 0.6) is 0 Å². The standard InChI is InChI=1S/C13H19N5O4/c1-8(22-9(19)6-15(2)3)18-7-14-11-10(18)12(20)17(5)13(21)16(11)4/h7-8H,6H2,1-5H3. The molecule has 0 saturated heterocycles. The van der Waals surface area contributed by atoms with Gasteiger partial charge in [0.05, 0.1) is 6.54 Å². The second-order valence-electron chi connectivity index (χ2n) is 5.36. The second kappa shape index (κ2) is 5.76. The van der Waals surface area contributed by atoms with Gasteiger partial charge in [-0.15, -0.1) is 0 Å². The first-order chi connectivity index (χ1) is 10.2. The highest BCUT2D eigenvalue weighted by molar-refractivity contribution is 5.72. The van der Waals surface area contributed by atoms with Crippen molar-refractivity contribution >= 4 is 17.1 Å². The van der Waals surface area contributed by atoms with Gasteiger partial charge in [0.2, 0.25) is 0 Å². The largest absolute Gasteiger partial charge is 0.441 e. The SMILES string of the molecule is CC(OC(=O)CN(C)C)n1cnc2c1c(=O)n(C)c(=O)n2C. The van der Waals surface area contributed by atoms with Gasteiger partial charge in [0.25, 0.3) is 5.56 Å². The van der Waals surface area contributed by atoms with Gasteiger partial charge in [-0.2, -0.15) is 0 Å². The van der Waals surface area contributed by atoms with Crippen molar-refractivity contribution in [3.63, 3.8) is 0 Å². The Bertz CT molecular complexity index is 829. The third kappa shape index (κ3) is 2.67. The quantitative estimate of drug-likeness (QED) is 0.677. The summed E-state index contributed by atoms with van der Waals surface area (Å²) >= 11 is 0. The molecule has 0 fully saturated rings. The molecule has 0 aromatic carbocycles. The highest BCUT2D eigenvalue weighted by Crippen LogP contribution is 2.14. The molecule has 2 aromatic heterocycles. The predicted octanol–water partition coefficient (Wildman–Crippen LogP) is -0.943. The molecule has 0 spiro atoms. The molecular weight excluding hydrogens is 290 g/mol. The summed E-state index contributed by atoms with van der Waals surface area (Å²) in [5.74, 6) is -0.416. The summed E-state index contributed by atoms with van der Waals surface area (Å²) in [5, 5.41) is 0. The Balaban J connectivity index is 2.47. The van der Waals surface area contributed by atoms with E-state index in [2.05, 4.69) is 4.98 Å². The van der Waals surface area contributed by atoms with Crippen molar-refractivity contribution < 1.29 is 9.53 Å². The summed E-state index contributed by atoms with van der Waals surface area (Å²) in [6, 6.07) is 0. The number of rotatable bonds is 4. The van der Waals surface area contributed by atoms with Crippen LogP contribution in [0, 0.1) is 0 Å². The predicted molar refractivity (Wildman–Crippen MR) is 79.6 cm³/mol. The molecule has 9 heteroatoms. The van der Waals surface area contributed by atoms with Crippen molar-refractivity contribution in [1.82, 2.24) is 23.6 Å². The van der Waals surface area contributed by atoms with Gasteiger partial charge < -0.3 is 4.74 Å². The van der Waals surface area contributed by atoms with Crippen molar-refractivity contribution in [3.05, 3.63) is 27.2 Å². The minimum absolute atomic E-state index is 0.132. The van der Waals surface area contributed by atoms with Crippen LogP contribution < -0.4 is 11.2 Å². The third-order valence-electron chi connectivity index (χ3n) is 3.31. The van der Waals surface area contributed by atoms with Gasteiger partial charge in [0, 0.05) is 14.1 Å². The molecule has 0 aliphatic carbocycles. The lowest BCUT2D eigenvalue weighted by Gasteiger charge is -2.17. The van der Waals surface area contributed by atoms with E-state index in [-0.39, 0.29) is 17.7 Å². The lowest BCUT2D eigenvalue weighted by atomic mass is 10.4. The number of carbonyl (C=O) groups is 1. The molecule has 9 nitrogen and oxygen atoms in total. The van der Waals surface area contributed by atoms with Gasteiger partial charge in [-0.3, -0.25) is 28.2 Å². The number of likely N-dealkylation sites (N-methyl/N-ethyl adjacent to an activating group) is 1. The van der Waals surface area contributed by atoms with Crippen LogP contribution in [0.25, 0.3) is 11.2 Å². The summed E-state index contributed by atoms with van der Waals surface area (Å²) in [5.41, 5.74) is -0.468. The molecule has 22 heavy (non-hydrogen) atoms. The average Bonchev–Trinajstić information content (AvgIpc) is 2.86. The number of imidazole rings is 1. The average molecular weight is 309 g/mol. The molecular formula is C13H19N5O4. The van der Waals surface area contributed by atoms with Crippen LogP contribution in [-0.2, 0) is 23.6 Å². The van der Waals surface area contributed by atoms with Crippen molar-refractivity contribution in [1.29, 1.82) is 0 Å². The van der Waals surface area contributed by atoms with Gasteiger partial charge in [0.15, 0.2) is 17.4 Å². The Morgan fingerprint density at radius 3 is 2.55 bits per heavy atom. The van der Waals surface area contributed by atoms with Crippen LogP contribution >= 0.6 is 0 Å². The number of fused-ring (bicyclic) bond motifs is 1. The molecule has 2 heterocycles. The third-order valence-corrected chi connectivity index (χ3v) is 3.31. The lowest BCUT2D eigenvalue weighted by molar-refractivity contribution is -0.153. The van der Waals surface area contributed by atoms with E-state index in [9.17, 15) is 14.4 Å².